The van der Waals surface area contributed by atoms with Gasteiger partial charge in [-0.25, -0.2) is 0 Å². The smallest absolute Gasteiger partial charge is 0.293 e. The van der Waals surface area contributed by atoms with Crippen molar-refractivity contribution in [3.05, 3.63) is 59.6 Å². The van der Waals surface area contributed by atoms with Crippen LogP contribution in [0, 0.1) is 0 Å². The van der Waals surface area contributed by atoms with Crippen molar-refractivity contribution in [2.24, 2.45) is 0 Å². The Morgan fingerprint density at radius 3 is 2.77 bits per heavy atom. The number of hydrogen-bond acceptors (Lipinski definition) is 5. The van der Waals surface area contributed by atoms with E-state index in [-0.39, 0.29) is 11.3 Å². The van der Waals surface area contributed by atoms with Gasteiger partial charge < -0.3 is 19.6 Å². The molecule has 0 radical (unpaired) electrons. The molecule has 2 heterocycles. The van der Waals surface area contributed by atoms with E-state index in [1.165, 1.54) is 13.4 Å². The first-order chi connectivity index (χ1) is 10.6. The minimum Gasteiger partial charge on any atom is -0.507 e. The van der Waals surface area contributed by atoms with Crippen LogP contribution < -0.4 is 10.1 Å². The number of Topliss-reactive ketones (excluding diaryl/α,β-unsaturated/α-hetero) is 1. The highest BCUT2D eigenvalue weighted by atomic mass is 16.5. The SMILES string of the molecule is COc1cccc(C(O)=C2C(=O)C(=O)N[C@H]2c2ccco2)c1. The molecule has 112 valence electrons. The summed E-state index contributed by atoms with van der Waals surface area (Å²) in [4.78, 5) is 23.8. The lowest BCUT2D eigenvalue weighted by Crippen LogP contribution is -2.20. The molecular formula is C16H13NO5. The number of amides is 1. The maximum atomic E-state index is 12.1. The molecule has 1 saturated heterocycles. The first-order valence-corrected chi connectivity index (χ1v) is 6.58. The topological polar surface area (TPSA) is 88.8 Å². The van der Waals surface area contributed by atoms with Crippen LogP contribution in [0.2, 0.25) is 0 Å². The first kappa shape index (κ1) is 13.9. The van der Waals surface area contributed by atoms with Gasteiger partial charge in [-0.15, -0.1) is 0 Å². The Balaban J connectivity index is 2.11. The average molecular weight is 299 g/mol. The average Bonchev–Trinajstić information content (AvgIpc) is 3.16. The zero-order valence-electron chi connectivity index (χ0n) is 11.7. The summed E-state index contributed by atoms with van der Waals surface area (Å²) in [6.45, 7) is 0. The summed E-state index contributed by atoms with van der Waals surface area (Å²) >= 11 is 0. The maximum absolute atomic E-state index is 12.1. The molecule has 2 N–H and O–H groups in total. The van der Waals surface area contributed by atoms with Crippen LogP contribution in [0.4, 0.5) is 0 Å². The fraction of sp³-hybridized carbons (Fsp3) is 0.125. The second-order valence-corrected chi connectivity index (χ2v) is 4.75. The van der Waals surface area contributed by atoms with Crippen LogP contribution in [0.25, 0.3) is 5.76 Å². The molecule has 1 fully saturated rings. The maximum Gasteiger partial charge on any atom is 0.293 e. The Labute approximate surface area is 126 Å². The zero-order valence-corrected chi connectivity index (χ0v) is 11.7. The molecule has 0 saturated carbocycles. The van der Waals surface area contributed by atoms with Crippen molar-refractivity contribution in [3.63, 3.8) is 0 Å². The predicted octanol–water partition coefficient (Wildman–Crippen LogP) is 2.00. The molecule has 1 aromatic heterocycles. The van der Waals surface area contributed by atoms with Gasteiger partial charge in [0.05, 0.1) is 18.9 Å². The standard InChI is InChI=1S/C16H13NO5/c1-21-10-5-2-4-9(8-10)14(18)12-13(11-6-3-7-22-11)17-16(20)15(12)19/h2-8,13,18H,1H3,(H,17,20)/t13-/m0/s1. The molecule has 0 unspecified atom stereocenters. The minimum absolute atomic E-state index is 0.0341. The van der Waals surface area contributed by atoms with Crippen LogP contribution >= 0.6 is 0 Å². The van der Waals surface area contributed by atoms with Crippen LogP contribution in [0.1, 0.15) is 17.4 Å². The van der Waals surface area contributed by atoms with Crippen molar-refractivity contribution in [1.29, 1.82) is 0 Å². The third kappa shape index (κ3) is 2.24. The number of nitrogens with one attached hydrogen (secondary N) is 1. The molecule has 2 aromatic rings. The summed E-state index contributed by atoms with van der Waals surface area (Å²) in [6, 6.07) is 9.07. The van der Waals surface area contributed by atoms with Gasteiger partial charge in [0, 0.05) is 5.56 Å². The summed E-state index contributed by atoms with van der Waals surface area (Å²) < 4.78 is 10.3. The largest absolute Gasteiger partial charge is 0.507 e. The van der Waals surface area contributed by atoms with Crippen molar-refractivity contribution in [1.82, 2.24) is 5.32 Å². The van der Waals surface area contributed by atoms with Crippen LogP contribution in [0.15, 0.2) is 52.7 Å². The zero-order chi connectivity index (χ0) is 15.7. The van der Waals surface area contributed by atoms with Gasteiger partial charge in [0.1, 0.15) is 23.3 Å². The van der Waals surface area contributed by atoms with Crippen molar-refractivity contribution in [3.8, 4) is 5.75 Å². The number of benzene rings is 1. The summed E-state index contributed by atoms with van der Waals surface area (Å²) in [7, 11) is 1.50. The molecular weight excluding hydrogens is 286 g/mol. The number of methoxy groups -OCH3 is 1. The van der Waals surface area contributed by atoms with Gasteiger partial charge >= 0.3 is 0 Å². The molecule has 1 aromatic carbocycles. The second kappa shape index (κ2) is 5.40. The monoisotopic (exact) mass is 299 g/mol. The van der Waals surface area contributed by atoms with Crippen LogP contribution in [-0.4, -0.2) is 23.9 Å². The number of ether oxygens (including phenoxy) is 1. The Morgan fingerprint density at radius 2 is 2.09 bits per heavy atom. The van der Waals surface area contributed by atoms with Gasteiger partial charge in [-0.2, -0.15) is 0 Å². The fourth-order valence-electron chi connectivity index (χ4n) is 2.36. The van der Waals surface area contributed by atoms with E-state index in [9.17, 15) is 14.7 Å². The Morgan fingerprint density at radius 1 is 1.27 bits per heavy atom. The molecule has 0 spiro atoms. The quantitative estimate of drug-likeness (QED) is 0.514. The van der Waals surface area contributed by atoms with E-state index in [2.05, 4.69) is 5.32 Å². The molecule has 1 aliphatic heterocycles. The van der Waals surface area contributed by atoms with Gasteiger partial charge in [0.2, 0.25) is 0 Å². The van der Waals surface area contributed by atoms with Crippen molar-refractivity contribution >= 4 is 17.4 Å². The van der Waals surface area contributed by atoms with E-state index in [4.69, 9.17) is 9.15 Å². The van der Waals surface area contributed by atoms with Crippen molar-refractivity contribution in [2.75, 3.05) is 7.11 Å². The van der Waals surface area contributed by atoms with Crippen LogP contribution in [0.5, 0.6) is 5.75 Å². The summed E-state index contributed by atoms with van der Waals surface area (Å²) in [5.41, 5.74) is 0.351. The third-order valence-corrected chi connectivity index (χ3v) is 3.44. The number of furan rings is 1. The molecule has 6 heteroatoms. The van der Waals surface area contributed by atoms with Crippen molar-refractivity contribution in [2.45, 2.75) is 6.04 Å². The number of aliphatic hydroxyl groups excluding tert-OH is 1. The van der Waals surface area contributed by atoms with Gasteiger partial charge in [0.15, 0.2) is 0 Å². The fourth-order valence-corrected chi connectivity index (χ4v) is 2.36. The lowest BCUT2D eigenvalue weighted by Gasteiger charge is -2.11. The molecule has 6 nitrogen and oxygen atoms in total. The van der Waals surface area contributed by atoms with Gasteiger partial charge in [-0.1, -0.05) is 12.1 Å². The number of ketones is 1. The lowest BCUT2D eigenvalue weighted by molar-refractivity contribution is -0.133. The van der Waals surface area contributed by atoms with E-state index >= 15 is 0 Å². The van der Waals surface area contributed by atoms with E-state index in [1.54, 1.807) is 36.4 Å². The second-order valence-electron chi connectivity index (χ2n) is 4.75. The highest BCUT2D eigenvalue weighted by molar-refractivity contribution is 6.46. The lowest BCUT2D eigenvalue weighted by atomic mass is 9.99. The molecule has 0 bridgehead atoms. The molecule has 1 atom stereocenters. The van der Waals surface area contributed by atoms with Crippen LogP contribution in [0.3, 0.4) is 0 Å². The van der Waals surface area contributed by atoms with Gasteiger partial charge in [-0.3, -0.25) is 9.59 Å². The molecule has 22 heavy (non-hydrogen) atoms. The highest BCUT2D eigenvalue weighted by Crippen LogP contribution is 2.33. The number of hydrogen-bond donors (Lipinski definition) is 2. The predicted molar refractivity (Wildman–Crippen MR) is 77.1 cm³/mol. The first-order valence-electron chi connectivity index (χ1n) is 6.58. The van der Waals surface area contributed by atoms with Gasteiger partial charge in [0.25, 0.3) is 11.7 Å². The molecule has 0 aliphatic carbocycles. The third-order valence-electron chi connectivity index (χ3n) is 3.44. The van der Waals surface area contributed by atoms with Crippen molar-refractivity contribution < 1.29 is 23.8 Å². The summed E-state index contributed by atoms with van der Waals surface area (Å²) in [5, 5.41) is 13.0. The van der Waals surface area contributed by atoms with Crippen LogP contribution in [-0.2, 0) is 9.59 Å². The van der Waals surface area contributed by atoms with E-state index in [0.29, 0.717) is 17.1 Å². The number of aliphatic hydroxyl groups is 1. The molecule has 3 rings (SSSR count). The Bertz CT molecular complexity index is 761. The summed E-state index contributed by atoms with van der Waals surface area (Å²) in [6.07, 6.45) is 1.44. The van der Waals surface area contributed by atoms with Gasteiger partial charge in [-0.05, 0) is 24.3 Å². The molecule has 1 aliphatic rings. The minimum atomic E-state index is -0.804. The van der Waals surface area contributed by atoms with E-state index in [1.807, 2.05) is 0 Å². The Kier molecular flexibility index (Phi) is 3.42. The van der Waals surface area contributed by atoms with E-state index in [0.717, 1.165) is 0 Å². The number of carbonyl (C=O) groups excluding carboxylic acids is 2. The van der Waals surface area contributed by atoms with E-state index < -0.39 is 17.7 Å². The normalized spacial score (nSPS) is 20.0. The number of carbonyl (C=O) groups is 2. The number of rotatable bonds is 3. The molecule has 1 amide bonds. The highest BCUT2D eigenvalue weighted by Gasteiger charge is 2.40. The summed E-state index contributed by atoms with van der Waals surface area (Å²) in [5.74, 6) is -0.913. The Hall–Kier alpha value is -3.02.